The van der Waals surface area contributed by atoms with Gasteiger partial charge in [0.25, 0.3) is 0 Å². The van der Waals surface area contributed by atoms with Gasteiger partial charge in [-0.15, -0.1) is 11.3 Å². The molecule has 2 nitrogen and oxygen atoms in total. The van der Waals surface area contributed by atoms with Crippen LogP contribution >= 0.6 is 23.1 Å². The molecule has 0 saturated carbocycles. The molecule has 0 amide bonds. The first-order chi connectivity index (χ1) is 7.27. The largest absolute Gasteiger partial charge is 0.312 e. The fourth-order valence-corrected chi connectivity index (χ4v) is 3.82. The topological polar surface area (TPSA) is 24.9 Å². The average Bonchev–Trinajstić information content (AvgIpc) is 2.85. The van der Waals surface area contributed by atoms with Crippen molar-refractivity contribution in [2.24, 2.45) is 0 Å². The van der Waals surface area contributed by atoms with Gasteiger partial charge in [-0.25, -0.2) is 4.98 Å². The third-order valence-electron chi connectivity index (χ3n) is 2.94. The van der Waals surface area contributed by atoms with Crippen LogP contribution < -0.4 is 5.32 Å². The molecule has 0 aliphatic carbocycles. The van der Waals surface area contributed by atoms with Crippen molar-refractivity contribution in [3.63, 3.8) is 0 Å². The standard InChI is InChI=1S/C11H18N2S2/c1-8(11-12-4-6-15-11)7-13-10-3-5-14-9(10)2/h4,6,8-10,13H,3,5,7H2,1-2H3. The number of nitrogens with one attached hydrogen (secondary N) is 1. The van der Waals surface area contributed by atoms with Gasteiger partial charge in [-0.1, -0.05) is 13.8 Å². The Labute approximate surface area is 99.9 Å². The van der Waals surface area contributed by atoms with E-state index in [-0.39, 0.29) is 0 Å². The van der Waals surface area contributed by atoms with E-state index < -0.39 is 0 Å². The quantitative estimate of drug-likeness (QED) is 0.879. The molecular formula is C11H18N2S2. The highest BCUT2D eigenvalue weighted by atomic mass is 32.2. The highest BCUT2D eigenvalue weighted by molar-refractivity contribution is 8.00. The van der Waals surface area contributed by atoms with Crippen LogP contribution in [0, 0.1) is 0 Å². The number of thiazole rings is 1. The molecule has 1 aromatic heterocycles. The minimum absolute atomic E-state index is 0.544. The Kier molecular flexibility index (Phi) is 4.05. The number of hydrogen-bond donors (Lipinski definition) is 1. The van der Waals surface area contributed by atoms with Crippen LogP contribution in [0.25, 0.3) is 0 Å². The van der Waals surface area contributed by atoms with Gasteiger partial charge >= 0.3 is 0 Å². The van der Waals surface area contributed by atoms with Gasteiger partial charge in [-0.2, -0.15) is 11.8 Å². The average molecular weight is 242 g/mol. The van der Waals surface area contributed by atoms with E-state index in [4.69, 9.17) is 0 Å². The van der Waals surface area contributed by atoms with E-state index in [1.165, 1.54) is 17.2 Å². The zero-order valence-electron chi connectivity index (χ0n) is 9.27. The normalized spacial score (nSPS) is 28.1. The van der Waals surface area contributed by atoms with E-state index in [2.05, 4.69) is 41.3 Å². The first-order valence-electron chi connectivity index (χ1n) is 5.51. The predicted octanol–water partition coefficient (Wildman–Crippen LogP) is 2.73. The van der Waals surface area contributed by atoms with Crippen molar-refractivity contribution in [3.8, 4) is 0 Å². The van der Waals surface area contributed by atoms with E-state index in [1.54, 1.807) is 11.3 Å². The summed E-state index contributed by atoms with van der Waals surface area (Å²) >= 11 is 3.84. The third kappa shape index (κ3) is 2.95. The van der Waals surface area contributed by atoms with E-state index >= 15 is 0 Å². The summed E-state index contributed by atoms with van der Waals surface area (Å²) in [4.78, 5) is 4.35. The van der Waals surface area contributed by atoms with Crippen LogP contribution in [0.3, 0.4) is 0 Å². The Bertz CT molecular complexity index is 287. The lowest BCUT2D eigenvalue weighted by Crippen LogP contribution is -2.35. The molecule has 0 spiro atoms. The molecule has 1 aliphatic heterocycles. The van der Waals surface area contributed by atoms with Crippen molar-refractivity contribution >= 4 is 23.1 Å². The highest BCUT2D eigenvalue weighted by Crippen LogP contribution is 2.26. The molecule has 1 aliphatic rings. The Balaban J connectivity index is 1.78. The van der Waals surface area contributed by atoms with Crippen LogP contribution in [-0.4, -0.2) is 28.6 Å². The lowest BCUT2D eigenvalue weighted by Gasteiger charge is -2.18. The molecule has 4 heteroatoms. The monoisotopic (exact) mass is 242 g/mol. The van der Waals surface area contributed by atoms with Crippen LogP contribution in [0.4, 0.5) is 0 Å². The second kappa shape index (κ2) is 5.32. The lowest BCUT2D eigenvalue weighted by atomic mass is 10.1. The molecular weight excluding hydrogens is 224 g/mol. The summed E-state index contributed by atoms with van der Waals surface area (Å²) in [6.45, 7) is 5.63. The van der Waals surface area contributed by atoms with Gasteiger partial charge in [-0.05, 0) is 12.2 Å². The van der Waals surface area contributed by atoms with Gasteiger partial charge in [0.1, 0.15) is 0 Å². The Morgan fingerprint density at radius 1 is 1.67 bits per heavy atom. The van der Waals surface area contributed by atoms with Gasteiger partial charge < -0.3 is 5.32 Å². The van der Waals surface area contributed by atoms with Crippen molar-refractivity contribution in [1.29, 1.82) is 0 Å². The summed E-state index contributed by atoms with van der Waals surface area (Å²) < 4.78 is 0. The van der Waals surface area contributed by atoms with Crippen LogP contribution in [0.1, 0.15) is 31.2 Å². The van der Waals surface area contributed by atoms with Gasteiger partial charge in [0.2, 0.25) is 0 Å². The van der Waals surface area contributed by atoms with Crippen molar-refractivity contribution in [1.82, 2.24) is 10.3 Å². The van der Waals surface area contributed by atoms with Gasteiger partial charge in [0, 0.05) is 35.3 Å². The molecule has 0 bridgehead atoms. The predicted molar refractivity (Wildman–Crippen MR) is 68.9 cm³/mol. The summed E-state index contributed by atoms with van der Waals surface area (Å²) in [7, 11) is 0. The maximum Gasteiger partial charge on any atom is 0.0965 e. The van der Waals surface area contributed by atoms with Crippen LogP contribution in [-0.2, 0) is 0 Å². The van der Waals surface area contributed by atoms with E-state index in [1.807, 2.05) is 6.20 Å². The van der Waals surface area contributed by atoms with Crippen molar-refractivity contribution in [3.05, 3.63) is 16.6 Å². The summed E-state index contributed by atoms with van der Waals surface area (Å²) in [5, 5.41) is 7.74. The lowest BCUT2D eigenvalue weighted by molar-refractivity contribution is 0.490. The molecule has 1 N–H and O–H groups in total. The van der Waals surface area contributed by atoms with Crippen LogP contribution in [0.5, 0.6) is 0 Å². The SMILES string of the molecule is CC(CNC1CCSC1C)c1nccs1. The molecule has 3 atom stereocenters. The highest BCUT2D eigenvalue weighted by Gasteiger charge is 2.23. The Hall–Kier alpha value is -0.0600. The van der Waals surface area contributed by atoms with E-state index in [0.29, 0.717) is 12.0 Å². The van der Waals surface area contributed by atoms with Gasteiger partial charge in [0.15, 0.2) is 0 Å². The molecule has 0 aromatic carbocycles. The van der Waals surface area contributed by atoms with Crippen molar-refractivity contribution in [2.45, 2.75) is 37.5 Å². The molecule has 15 heavy (non-hydrogen) atoms. The number of aromatic nitrogens is 1. The smallest absolute Gasteiger partial charge is 0.0965 e. The van der Waals surface area contributed by atoms with Crippen LogP contribution in [0.2, 0.25) is 0 Å². The van der Waals surface area contributed by atoms with E-state index in [9.17, 15) is 0 Å². The molecule has 1 saturated heterocycles. The fourth-order valence-electron chi connectivity index (χ4n) is 1.89. The molecule has 84 valence electrons. The summed E-state index contributed by atoms with van der Waals surface area (Å²) in [6, 6.07) is 0.706. The third-order valence-corrected chi connectivity index (χ3v) is 5.27. The maximum absolute atomic E-state index is 4.35. The Morgan fingerprint density at radius 3 is 3.13 bits per heavy atom. The molecule has 0 radical (unpaired) electrons. The van der Waals surface area contributed by atoms with Crippen LogP contribution in [0.15, 0.2) is 11.6 Å². The summed E-state index contributed by atoms with van der Waals surface area (Å²) in [5.74, 6) is 1.85. The number of rotatable bonds is 4. The van der Waals surface area contributed by atoms with Gasteiger partial charge in [-0.3, -0.25) is 0 Å². The molecule has 2 rings (SSSR count). The van der Waals surface area contributed by atoms with Crippen molar-refractivity contribution < 1.29 is 0 Å². The zero-order chi connectivity index (χ0) is 10.7. The second-order valence-corrected chi connectivity index (χ2v) is 6.56. The first-order valence-corrected chi connectivity index (χ1v) is 7.44. The van der Waals surface area contributed by atoms with Crippen molar-refractivity contribution in [2.75, 3.05) is 12.3 Å². The second-order valence-electron chi connectivity index (χ2n) is 4.15. The minimum atomic E-state index is 0.544. The number of nitrogens with zero attached hydrogens (tertiary/aromatic N) is 1. The summed E-state index contributed by atoms with van der Waals surface area (Å²) in [5.41, 5.74) is 0. The molecule has 1 fully saturated rings. The fraction of sp³-hybridized carbons (Fsp3) is 0.727. The number of thioether (sulfide) groups is 1. The zero-order valence-corrected chi connectivity index (χ0v) is 10.9. The number of hydrogen-bond acceptors (Lipinski definition) is 4. The van der Waals surface area contributed by atoms with Gasteiger partial charge in [0.05, 0.1) is 5.01 Å². The first kappa shape index (κ1) is 11.4. The summed E-state index contributed by atoms with van der Waals surface area (Å²) in [6.07, 6.45) is 3.21. The molecule has 3 unspecified atom stereocenters. The molecule has 1 aromatic rings. The van der Waals surface area contributed by atoms with E-state index in [0.717, 1.165) is 11.8 Å². The molecule has 2 heterocycles. The maximum atomic E-state index is 4.35. The Morgan fingerprint density at radius 2 is 2.53 bits per heavy atom. The minimum Gasteiger partial charge on any atom is -0.312 e.